The number of rotatable bonds is 8. The number of allylic oxidation sites excluding steroid dienone is 2. The van der Waals surface area contributed by atoms with Crippen LogP contribution in [0.2, 0.25) is 0 Å². The molecule has 5 heteroatoms. The van der Waals surface area contributed by atoms with E-state index in [-0.39, 0.29) is 0 Å². The SMILES string of the molecule is C=C(/N=C\C(C=O)=C/C)N1CCC(CNCc2cn(C)c3ccccc23)CC1. The molecule has 0 bridgehead atoms. The summed E-state index contributed by atoms with van der Waals surface area (Å²) in [7, 11) is 2.10. The van der Waals surface area contributed by atoms with Gasteiger partial charge in [0.05, 0.1) is 0 Å². The van der Waals surface area contributed by atoms with Gasteiger partial charge in [0.25, 0.3) is 0 Å². The molecule has 0 radical (unpaired) electrons. The van der Waals surface area contributed by atoms with Crippen LogP contribution in [0.5, 0.6) is 0 Å². The van der Waals surface area contributed by atoms with Gasteiger partial charge in [-0.1, -0.05) is 30.9 Å². The average Bonchev–Trinajstić information content (AvgIpc) is 3.05. The smallest absolute Gasteiger partial charge is 0.151 e. The minimum atomic E-state index is 0.577. The van der Waals surface area contributed by atoms with Gasteiger partial charge in [0, 0.05) is 55.6 Å². The van der Waals surface area contributed by atoms with Gasteiger partial charge < -0.3 is 14.8 Å². The van der Waals surface area contributed by atoms with Crippen molar-refractivity contribution in [3.05, 3.63) is 60.1 Å². The highest BCUT2D eigenvalue weighted by Crippen LogP contribution is 2.22. The molecule has 1 aliphatic rings. The number of hydrogen-bond donors (Lipinski definition) is 1. The number of likely N-dealkylation sites (tertiary alicyclic amines) is 1. The molecule has 148 valence electrons. The van der Waals surface area contributed by atoms with Crippen LogP contribution in [0.4, 0.5) is 0 Å². The quantitative estimate of drug-likeness (QED) is 0.433. The molecule has 1 saturated heterocycles. The summed E-state index contributed by atoms with van der Waals surface area (Å²) in [6.07, 6.45) is 8.62. The summed E-state index contributed by atoms with van der Waals surface area (Å²) in [6.45, 7) is 9.72. The Morgan fingerprint density at radius 2 is 2.07 bits per heavy atom. The van der Waals surface area contributed by atoms with E-state index < -0.39 is 0 Å². The van der Waals surface area contributed by atoms with Crippen LogP contribution < -0.4 is 5.32 Å². The highest BCUT2D eigenvalue weighted by molar-refractivity contribution is 6.01. The number of hydrogen-bond acceptors (Lipinski definition) is 4. The molecule has 1 fully saturated rings. The first-order valence-electron chi connectivity index (χ1n) is 9.95. The van der Waals surface area contributed by atoms with E-state index in [0.717, 1.165) is 51.1 Å². The van der Waals surface area contributed by atoms with Crippen LogP contribution in [0.25, 0.3) is 10.9 Å². The molecule has 3 rings (SSSR count). The molecular weight excluding hydrogens is 348 g/mol. The Balaban J connectivity index is 1.44. The number of nitrogens with one attached hydrogen (secondary N) is 1. The zero-order chi connectivity index (χ0) is 19.9. The molecule has 2 aromatic rings. The number of fused-ring (bicyclic) bond motifs is 1. The Hall–Kier alpha value is -2.66. The van der Waals surface area contributed by atoms with Crippen molar-refractivity contribution in [3.8, 4) is 0 Å². The monoisotopic (exact) mass is 378 g/mol. The van der Waals surface area contributed by atoms with Gasteiger partial charge in [-0.15, -0.1) is 0 Å². The molecule has 2 heterocycles. The fraction of sp³-hybridized carbons (Fsp3) is 0.391. The molecule has 0 unspecified atom stereocenters. The summed E-state index contributed by atoms with van der Waals surface area (Å²) in [5.41, 5.74) is 3.21. The third kappa shape index (κ3) is 4.78. The maximum absolute atomic E-state index is 10.8. The van der Waals surface area contributed by atoms with Crippen LogP contribution in [0.1, 0.15) is 25.3 Å². The first-order chi connectivity index (χ1) is 13.6. The molecule has 1 aromatic carbocycles. The number of benzene rings is 1. The minimum absolute atomic E-state index is 0.577. The number of aromatic nitrogens is 1. The fourth-order valence-electron chi connectivity index (χ4n) is 3.78. The van der Waals surface area contributed by atoms with E-state index in [9.17, 15) is 4.79 Å². The number of carbonyl (C=O) groups excluding carboxylic acids is 1. The van der Waals surface area contributed by atoms with Crippen molar-refractivity contribution >= 4 is 23.4 Å². The third-order valence-corrected chi connectivity index (χ3v) is 5.54. The predicted octanol–water partition coefficient (Wildman–Crippen LogP) is 3.67. The van der Waals surface area contributed by atoms with E-state index in [1.165, 1.54) is 16.5 Å². The average molecular weight is 379 g/mol. The van der Waals surface area contributed by atoms with E-state index >= 15 is 0 Å². The van der Waals surface area contributed by atoms with Gasteiger partial charge in [0.1, 0.15) is 5.82 Å². The van der Waals surface area contributed by atoms with Crippen LogP contribution in [0.3, 0.4) is 0 Å². The first-order valence-corrected chi connectivity index (χ1v) is 9.95. The van der Waals surface area contributed by atoms with Crippen LogP contribution in [0.15, 0.2) is 59.5 Å². The van der Waals surface area contributed by atoms with Gasteiger partial charge in [-0.05, 0) is 43.9 Å². The number of para-hydroxylation sites is 1. The maximum Gasteiger partial charge on any atom is 0.151 e. The van der Waals surface area contributed by atoms with Crippen molar-refractivity contribution in [1.82, 2.24) is 14.8 Å². The van der Waals surface area contributed by atoms with Crippen molar-refractivity contribution in [1.29, 1.82) is 0 Å². The number of piperidine rings is 1. The fourth-order valence-corrected chi connectivity index (χ4v) is 3.78. The highest BCUT2D eigenvalue weighted by atomic mass is 16.1. The topological polar surface area (TPSA) is 49.6 Å². The lowest BCUT2D eigenvalue weighted by molar-refractivity contribution is -0.104. The largest absolute Gasteiger partial charge is 0.357 e. The maximum atomic E-state index is 10.8. The Morgan fingerprint density at radius 1 is 1.32 bits per heavy atom. The van der Waals surface area contributed by atoms with Gasteiger partial charge in [-0.3, -0.25) is 4.79 Å². The van der Waals surface area contributed by atoms with Crippen LogP contribution >= 0.6 is 0 Å². The number of aliphatic imine (C=N–C) groups is 1. The Labute approximate surface area is 167 Å². The van der Waals surface area contributed by atoms with Crippen molar-refractivity contribution < 1.29 is 4.79 Å². The van der Waals surface area contributed by atoms with E-state index in [1.54, 1.807) is 12.3 Å². The second-order valence-electron chi connectivity index (χ2n) is 7.42. The van der Waals surface area contributed by atoms with E-state index in [0.29, 0.717) is 11.5 Å². The van der Waals surface area contributed by atoms with Gasteiger partial charge >= 0.3 is 0 Å². The van der Waals surface area contributed by atoms with Crippen LogP contribution in [0, 0.1) is 5.92 Å². The number of aldehydes is 1. The van der Waals surface area contributed by atoms with Gasteiger partial charge in [0.15, 0.2) is 6.29 Å². The number of aryl methyl sites for hydroxylation is 1. The lowest BCUT2D eigenvalue weighted by Gasteiger charge is -2.33. The Bertz CT molecular complexity index is 885. The minimum Gasteiger partial charge on any atom is -0.357 e. The summed E-state index contributed by atoms with van der Waals surface area (Å²) in [4.78, 5) is 17.4. The molecule has 5 nitrogen and oxygen atoms in total. The molecular formula is C23H30N4O. The molecule has 0 atom stereocenters. The predicted molar refractivity (Wildman–Crippen MR) is 116 cm³/mol. The Kier molecular flexibility index (Phi) is 6.82. The summed E-state index contributed by atoms with van der Waals surface area (Å²) < 4.78 is 2.20. The molecule has 0 aliphatic carbocycles. The van der Waals surface area contributed by atoms with Crippen molar-refractivity contribution in [3.63, 3.8) is 0 Å². The van der Waals surface area contributed by atoms with Gasteiger partial charge in [0.2, 0.25) is 0 Å². The summed E-state index contributed by atoms with van der Waals surface area (Å²) in [6, 6.07) is 8.55. The van der Waals surface area contributed by atoms with E-state index in [4.69, 9.17) is 0 Å². The summed E-state index contributed by atoms with van der Waals surface area (Å²) >= 11 is 0. The number of nitrogens with zero attached hydrogens (tertiary/aromatic N) is 3. The van der Waals surface area contributed by atoms with E-state index in [2.05, 4.69) is 63.9 Å². The van der Waals surface area contributed by atoms with Gasteiger partial charge in [-0.25, -0.2) is 4.99 Å². The van der Waals surface area contributed by atoms with Crippen molar-refractivity contribution in [2.45, 2.75) is 26.3 Å². The lowest BCUT2D eigenvalue weighted by Crippen LogP contribution is -2.36. The van der Waals surface area contributed by atoms with Crippen LogP contribution in [-0.2, 0) is 18.4 Å². The lowest BCUT2D eigenvalue weighted by atomic mass is 9.97. The van der Waals surface area contributed by atoms with Gasteiger partial charge in [-0.2, -0.15) is 0 Å². The zero-order valence-corrected chi connectivity index (χ0v) is 16.9. The summed E-state index contributed by atoms with van der Waals surface area (Å²) in [5.74, 6) is 1.41. The molecule has 0 saturated carbocycles. The second kappa shape index (κ2) is 9.51. The molecule has 28 heavy (non-hydrogen) atoms. The zero-order valence-electron chi connectivity index (χ0n) is 16.9. The normalized spacial score (nSPS) is 16.2. The number of carbonyl (C=O) groups is 1. The first kappa shape index (κ1) is 20.1. The Morgan fingerprint density at radius 3 is 2.79 bits per heavy atom. The molecule has 1 aromatic heterocycles. The molecule has 1 aliphatic heterocycles. The molecule has 0 spiro atoms. The third-order valence-electron chi connectivity index (χ3n) is 5.54. The molecule has 1 N–H and O–H groups in total. The van der Waals surface area contributed by atoms with Crippen molar-refractivity contribution in [2.24, 2.45) is 18.0 Å². The summed E-state index contributed by atoms with van der Waals surface area (Å²) in [5, 5.41) is 4.98. The molecule has 0 amide bonds. The van der Waals surface area contributed by atoms with E-state index in [1.807, 2.05) is 6.92 Å². The highest BCUT2D eigenvalue weighted by Gasteiger charge is 2.19. The second-order valence-corrected chi connectivity index (χ2v) is 7.42. The standard InChI is InChI=1S/C23H30N4O/c1-4-19(17-28)14-25-18(2)27-11-9-20(10-12-27)13-24-15-21-16-26(3)23-8-6-5-7-22(21)23/h4-8,14,16-17,20,24H,2,9-13,15H2,1,3H3/b19-4+,25-14-. The van der Waals surface area contributed by atoms with Crippen molar-refractivity contribution in [2.75, 3.05) is 19.6 Å². The van der Waals surface area contributed by atoms with Crippen LogP contribution in [-0.4, -0.2) is 41.6 Å².